The number of rotatable bonds is 5. The van der Waals surface area contributed by atoms with Crippen molar-refractivity contribution in [3.63, 3.8) is 0 Å². The summed E-state index contributed by atoms with van der Waals surface area (Å²) in [5.74, 6) is -1.47. The van der Waals surface area contributed by atoms with Crippen molar-refractivity contribution < 1.29 is 19.5 Å². The van der Waals surface area contributed by atoms with Crippen LogP contribution in [0.25, 0.3) is 0 Å². The molecule has 0 spiro atoms. The first kappa shape index (κ1) is 17.3. The maximum atomic E-state index is 12.3. The molecular formula is C14H25N3O4. The third kappa shape index (κ3) is 4.61. The largest absolute Gasteiger partial charge is 0.481 e. The summed E-state index contributed by atoms with van der Waals surface area (Å²) in [5, 5.41) is 9.05. The van der Waals surface area contributed by atoms with Crippen LogP contribution in [0.2, 0.25) is 0 Å². The van der Waals surface area contributed by atoms with Crippen LogP contribution in [0.1, 0.15) is 26.7 Å². The van der Waals surface area contributed by atoms with Crippen LogP contribution in [0.5, 0.6) is 0 Å². The number of aliphatic carboxylic acids is 1. The summed E-state index contributed by atoms with van der Waals surface area (Å²) >= 11 is 0. The number of hydrogen-bond acceptors (Lipinski definition) is 3. The summed E-state index contributed by atoms with van der Waals surface area (Å²) in [6.07, 6.45) is 1.28. The van der Waals surface area contributed by atoms with Crippen molar-refractivity contribution in [1.29, 1.82) is 0 Å². The molecule has 1 atom stereocenters. The second kappa shape index (κ2) is 7.85. The first-order valence-corrected chi connectivity index (χ1v) is 7.41. The fraction of sp³-hybridized carbons (Fsp3) is 0.786. The number of amides is 3. The molecule has 1 saturated heterocycles. The summed E-state index contributed by atoms with van der Waals surface area (Å²) in [7, 11) is 1.58. The average Bonchev–Trinajstić information content (AvgIpc) is 2.47. The van der Waals surface area contributed by atoms with Gasteiger partial charge in [0, 0.05) is 33.2 Å². The summed E-state index contributed by atoms with van der Waals surface area (Å²) < 4.78 is 0. The zero-order chi connectivity index (χ0) is 16.0. The zero-order valence-corrected chi connectivity index (χ0v) is 13.0. The Morgan fingerprint density at radius 3 is 2.38 bits per heavy atom. The van der Waals surface area contributed by atoms with Crippen LogP contribution in [0.3, 0.4) is 0 Å². The number of urea groups is 1. The Balaban J connectivity index is 2.57. The maximum absolute atomic E-state index is 12.3. The predicted molar refractivity (Wildman–Crippen MR) is 77.9 cm³/mol. The molecule has 0 saturated carbocycles. The Kier molecular flexibility index (Phi) is 6.45. The van der Waals surface area contributed by atoms with E-state index in [1.165, 1.54) is 9.80 Å². The molecule has 0 bridgehead atoms. The van der Waals surface area contributed by atoms with E-state index in [1.54, 1.807) is 11.9 Å². The van der Waals surface area contributed by atoms with Crippen LogP contribution < -0.4 is 0 Å². The minimum atomic E-state index is -0.866. The number of carboxylic acids is 1. The first-order valence-electron chi connectivity index (χ1n) is 7.41. The average molecular weight is 299 g/mol. The number of likely N-dealkylation sites (N-methyl/N-ethyl adjacent to an activating group) is 2. The minimum absolute atomic E-state index is 0.0226. The molecule has 1 N–H and O–H groups in total. The molecule has 7 heteroatoms. The second-order valence-electron chi connectivity index (χ2n) is 5.33. The van der Waals surface area contributed by atoms with Crippen LogP contribution in [0.4, 0.5) is 4.79 Å². The van der Waals surface area contributed by atoms with E-state index in [0.29, 0.717) is 32.5 Å². The van der Waals surface area contributed by atoms with Gasteiger partial charge in [0.25, 0.3) is 0 Å². The van der Waals surface area contributed by atoms with Crippen LogP contribution in [0.15, 0.2) is 0 Å². The minimum Gasteiger partial charge on any atom is -0.481 e. The van der Waals surface area contributed by atoms with Gasteiger partial charge in [-0.1, -0.05) is 0 Å². The van der Waals surface area contributed by atoms with Crippen LogP contribution >= 0.6 is 0 Å². The normalized spacial score (nSPS) is 18.2. The molecule has 0 aromatic heterocycles. The highest BCUT2D eigenvalue weighted by Gasteiger charge is 2.30. The topological polar surface area (TPSA) is 81.2 Å². The summed E-state index contributed by atoms with van der Waals surface area (Å²) in [4.78, 5) is 39.9. The lowest BCUT2D eigenvalue weighted by Gasteiger charge is -2.34. The van der Waals surface area contributed by atoms with Gasteiger partial charge in [0.05, 0.1) is 5.92 Å². The Morgan fingerprint density at radius 1 is 1.24 bits per heavy atom. The molecule has 0 aromatic carbocycles. The van der Waals surface area contributed by atoms with Gasteiger partial charge in [0.15, 0.2) is 0 Å². The Hall–Kier alpha value is -1.79. The van der Waals surface area contributed by atoms with Crippen molar-refractivity contribution in [2.45, 2.75) is 26.7 Å². The standard InChI is InChI=1S/C14H25N3O4/c1-4-16(5-2)12(18)10-15(3)14(21)17-8-6-7-11(9-17)13(19)20/h11H,4-10H2,1-3H3,(H,19,20)/t11-/m1/s1. The van der Waals surface area contributed by atoms with Crippen molar-refractivity contribution in [3.05, 3.63) is 0 Å². The van der Waals surface area contributed by atoms with Gasteiger partial charge in [0.1, 0.15) is 6.54 Å². The molecular weight excluding hydrogens is 274 g/mol. The van der Waals surface area contributed by atoms with Gasteiger partial charge in [-0.3, -0.25) is 9.59 Å². The molecule has 1 aliphatic rings. The third-order valence-electron chi connectivity index (χ3n) is 3.86. The molecule has 120 valence electrons. The predicted octanol–water partition coefficient (Wildman–Crippen LogP) is 0.703. The molecule has 21 heavy (non-hydrogen) atoms. The highest BCUT2D eigenvalue weighted by molar-refractivity contribution is 5.84. The van der Waals surface area contributed by atoms with E-state index in [0.717, 1.165) is 0 Å². The Morgan fingerprint density at radius 2 is 1.86 bits per heavy atom. The molecule has 1 rings (SSSR count). The lowest BCUT2D eigenvalue weighted by Crippen LogP contribution is -2.50. The third-order valence-corrected chi connectivity index (χ3v) is 3.86. The highest BCUT2D eigenvalue weighted by atomic mass is 16.4. The fourth-order valence-corrected chi connectivity index (χ4v) is 2.54. The van der Waals surface area contributed by atoms with Crippen LogP contribution in [0, 0.1) is 5.92 Å². The monoisotopic (exact) mass is 299 g/mol. The van der Waals surface area contributed by atoms with Gasteiger partial charge in [-0.2, -0.15) is 0 Å². The quantitative estimate of drug-likeness (QED) is 0.810. The Labute approximate surface area is 125 Å². The van der Waals surface area contributed by atoms with E-state index in [1.807, 2.05) is 13.8 Å². The molecule has 0 unspecified atom stereocenters. The number of carbonyl (C=O) groups is 3. The molecule has 1 aliphatic heterocycles. The van der Waals surface area contributed by atoms with Gasteiger partial charge in [0.2, 0.25) is 5.91 Å². The smallest absolute Gasteiger partial charge is 0.320 e. The van der Waals surface area contributed by atoms with E-state index in [9.17, 15) is 14.4 Å². The van der Waals surface area contributed by atoms with E-state index in [-0.39, 0.29) is 25.0 Å². The summed E-state index contributed by atoms with van der Waals surface area (Å²) in [5.41, 5.74) is 0. The Bertz CT molecular complexity index is 396. The summed E-state index contributed by atoms with van der Waals surface area (Å²) in [6.45, 7) is 5.81. The van der Waals surface area contributed by atoms with Gasteiger partial charge in [-0.15, -0.1) is 0 Å². The summed E-state index contributed by atoms with van der Waals surface area (Å²) in [6, 6.07) is -0.276. The SMILES string of the molecule is CCN(CC)C(=O)CN(C)C(=O)N1CCC[C@@H](C(=O)O)C1. The number of hydrogen-bond donors (Lipinski definition) is 1. The van der Waals surface area contributed by atoms with Crippen molar-refractivity contribution in [2.24, 2.45) is 5.92 Å². The lowest BCUT2D eigenvalue weighted by atomic mass is 9.99. The number of likely N-dealkylation sites (tertiary alicyclic amines) is 1. The molecule has 1 fully saturated rings. The molecule has 7 nitrogen and oxygen atoms in total. The van der Waals surface area contributed by atoms with E-state index in [2.05, 4.69) is 0 Å². The van der Waals surface area contributed by atoms with Gasteiger partial charge >= 0.3 is 12.0 Å². The first-order chi connectivity index (χ1) is 9.90. The zero-order valence-electron chi connectivity index (χ0n) is 13.0. The number of nitrogens with zero attached hydrogens (tertiary/aromatic N) is 3. The molecule has 3 amide bonds. The van der Waals surface area contributed by atoms with Crippen molar-refractivity contribution in [1.82, 2.24) is 14.7 Å². The van der Waals surface area contributed by atoms with Gasteiger partial charge in [-0.25, -0.2) is 4.79 Å². The highest BCUT2D eigenvalue weighted by Crippen LogP contribution is 2.17. The number of carboxylic acid groups (broad SMARTS) is 1. The molecule has 0 aromatic rings. The molecule has 0 radical (unpaired) electrons. The van der Waals surface area contributed by atoms with Crippen molar-refractivity contribution >= 4 is 17.9 Å². The van der Waals surface area contributed by atoms with E-state index in [4.69, 9.17) is 5.11 Å². The van der Waals surface area contributed by atoms with Crippen molar-refractivity contribution in [2.75, 3.05) is 39.8 Å². The van der Waals surface area contributed by atoms with E-state index < -0.39 is 11.9 Å². The lowest BCUT2D eigenvalue weighted by molar-refractivity contribution is -0.143. The molecule has 0 aliphatic carbocycles. The van der Waals surface area contributed by atoms with Crippen LogP contribution in [-0.4, -0.2) is 77.5 Å². The van der Waals surface area contributed by atoms with Crippen molar-refractivity contribution in [3.8, 4) is 0 Å². The van der Waals surface area contributed by atoms with E-state index >= 15 is 0 Å². The number of piperidine rings is 1. The molecule has 1 heterocycles. The second-order valence-corrected chi connectivity index (χ2v) is 5.33. The number of carbonyl (C=O) groups excluding carboxylic acids is 2. The maximum Gasteiger partial charge on any atom is 0.320 e. The van der Waals surface area contributed by atoms with Gasteiger partial charge < -0.3 is 19.8 Å². The fourth-order valence-electron chi connectivity index (χ4n) is 2.54. The van der Waals surface area contributed by atoms with Gasteiger partial charge in [-0.05, 0) is 26.7 Å². The van der Waals surface area contributed by atoms with Crippen LogP contribution in [-0.2, 0) is 9.59 Å².